The Morgan fingerprint density at radius 1 is 1.21 bits per heavy atom. The molecule has 6 heteroatoms. The maximum Gasteiger partial charge on any atom is 0.241 e. The highest BCUT2D eigenvalue weighted by Crippen LogP contribution is 2.40. The zero-order chi connectivity index (χ0) is 17.1. The number of carbonyl (C=O) groups is 2. The molecular formula is C18H18N2O3S. The monoisotopic (exact) mass is 342 g/mol. The number of methoxy groups -OCH3 is 1. The first-order valence-corrected chi connectivity index (χ1v) is 8.44. The summed E-state index contributed by atoms with van der Waals surface area (Å²) >= 11 is 1.53. The van der Waals surface area contributed by atoms with Crippen molar-refractivity contribution in [2.45, 2.75) is 16.6 Å². The molecule has 1 aliphatic rings. The van der Waals surface area contributed by atoms with Crippen LogP contribution in [-0.2, 0) is 16.0 Å². The van der Waals surface area contributed by atoms with E-state index in [9.17, 15) is 9.59 Å². The number of amides is 2. The minimum Gasteiger partial charge on any atom is -0.497 e. The molecule has 0 saturated heterocycles. The molecule has 0 bridgehead atoms. The Morgan fingerprint density at radius 3 is 2.58 bits per heavy atom. The van der Waals surface area contributed by atoms with Crippen molar-refractivity contribution in [2.75, 3.05) is 18.6 Å². The van der Waals surface area contributed by atoms with Crippen LogP contribution in [0.5, 0.6) is 5.75 Å². The third-order valence-electron chi connectivity index (χ3n) is 3.86. The van der Waals surface area contributed by atoms with E-state index in [1.54, 1.807) is 7.11 Å². The number of nitrogens with zero attached hydrogens (tertiary/aromatic N) is 1. The van der Waals surface area contributed by atoms with E-state index in [-0.39, 0.29) is 17.7 Å². The first kappa shape index (κ1) is 16.4. The van der Waals surface area contributed by atoms with Crippen LogP contribution in [0.25, 0.3) is 0 Å². The minimum atomic E-state index is -0.520. The van der Waals surface area contributed by atoms with Crippen molar-refractivity contribution < 1.29 is 14.3 Å². The number of rotatable bonds is 5. The van der Waals surface area contributed by atoms with Gasteiger partial charge in [0, 0.05) is 4.90 Å². The average Bonchev–Trinajstić information content (AvgIpc) is 2.59. The number of hydrogen-bond acceptors (Lipinski definition) is 4. The average molecular weight is 342 g/mol. The Hall–Kier alpha value is -2.47. The highest BCUT2D eigenvalue weighted by atomic mass is 32.2. The van der Waals surface area contributed by atoms with Crippen LogP contribution in [0.4, 0.5) is 5.69 Å². The lowest BCUT2D eigenvalue weighted by Gasteiger charge is -2.33. The van der Waals surface area contributed by atoms with Gasteiger partial charge in [-0.25, -0.2) is 0 Å². The smallest absolute Gasteiger partial charge is 0.241 e. The molecule has 1 aliphatic heterocycles. The molecule has 0 aromatic heterocycles. The Balaban J connectivity index is 1.86. The Bertz CT molecular complexity index is 761. The zero-order valence-electron chi connectivity index (χ0n) is 13.3. The second-order valence-corrected chi connectivity index (χ2v) is 6.76. The summed E-state index contributed by atoms with van der Waals surface area (Å²) in [5, 5.41) is -0.285. The fourth-order valence-corrected chi connectivity index (χ4v) is 3.97. The number of ether oxygens (including phenoxy) is 1. The van der Waals surface area contributed by atoms with Crippen LogP contribution in [0.2, 0.25) is 0 Å². The summed E-state index contributed by atoms with van der Waals surface area (Å²) in [6.45, 7) is -0.102. The molecule has 0 saturated carbocycles. The number of fused-ring (bicyclic) bond motifs is 1. The molecule has 0 radical (unpaired) electrons. The maximum absolute atomic E-state index is 12.8. The summed E-state index contributed by atoms with van der Waals surface area (Å²) in [4.78, 5) is 26.7. The van der Waals surface area contributed by atoms with Crippen LogP contribution in [0.15, 0.2) is 53.4 Å². The number of anilines is 1. The first-order valence-electron chi connectivity index (χ1n) is 7.57. The van der Waals surface area contributed by atoms with Crippen molar-refractivity contribution in [2.24, 2.45) is 5.73 Å². The number of para-hydroxylation sites is 1. The summed E-state index contributed by atoms with van der Waals surface area (Å²) < 4.78 is 5.16. The van der Waals surface area contributed by atoms with E-state index >= 15 is 0 Å². The largest absolute Gasteiger partial charge is 0.497 e. The van der Waals surface area contributed by atoms with E-state index < -0.39 is 5.91 Å². The van der Waals surface area contributed by atoms with E-state index in [0.717, 1.165) is 21.9 Å². The van der Waals surface area contributed by atoms with E-state index in [1.807, 2.05) is 48.5 Å². The van der Waals surface area contributed by atoms with Crippen molar-refractivity contribution in [3.63, 3.8) is 0 Å². The Labute approximate surface area is 144 Å². The third-order valence-corrected chi connectivity index (χ3v) is 5.11. The Kier molecular flexibility index (Phi) is 4.76. The number of nitrogens with two attached hydrogens (primary N) is 1. The SMILES string of the molecule is COc1ccc(CC2Sc3ccccc3N(CC(N)=O)C2=O)cc1. The van der Waals surface area contributed by atoms with Gasteiger partial charge in [-0.1, -0.05) is 24.3 Å². The van der Waals surface area contributed by atoms with Gasteiger partial charge in [-0.15, -0.1) is 11.8 Å². The molecule has 2 amide bonds. The van der Waals surface area contributed by atoms with Crippen LogP contribution in [0.3, 0.4) is 0 Å². The highest BCUT2D eigenvalue weighted by Gasteiger charge is 2.34. The first-order chi connectivity index (χ1) is 11.6. The Morgan fingerprint density at radius 2 is 1.92 bits per heavy atom. The summed E-state index contributed by atoms with van der Waals surface area (Å²) in [6, 6.07) is 15.2. The van der Waals surface area contributed by atoms with E-state index in [1.165, 1.54) is 16.7 Å². The van der Waals surface area contributed by atoms with Gasteiger partial charge in [0.2, 0.25) is 11.8 Å². The molecule has 1 atom stereocenters. The van der Waals surface area contributed by atoms with E-state index in [4.69, 9.17) is 10.5 Å². The molecule has 124 valence electrons. The van der Waals surface area contributed by atoms with Crippen LogP contribution in [-0.4, -0.2) is 30.7 Å². The van der Waals surface area contributed by atoms with Crippen LogP contribution in [0, 0.1) is 0 Å². The standard InChI is InChI=1S/C18H18N2O3S/c1-23-13-8-6-12(7-9-13)10-16-18(22)20(11-17(19)21)14-4-2-3-5-15(14)24-16/h2-9,16H,10-11H2,1H3,(H2,19,21). The van der Waals surface area contributed by atoms with Crippen LogP contribution in [0.1, 0.15) is 5.56 Å². The molecule has 1 heterocycles. The fraction of sp³-hybridized carbons (Fsp3) is 0.222. The zero-order valence-corrected chi connectivity index (χ0v) is 14.1. The molecule has 2 N–H and O–H groups in total. The quantitative estimate of drug-likeness (QED) is 0.904. The summed E-state index contributed by atoms with van der Waals surface area (Å²) in [5.74, 6) is 0.170. The third kappa shape index (κ3) is 3.38. The van der Waals surface area contributed by atoms with Crippen molar-refractivity contribution in [3.8, 4) is 5.75 Å². The van der Waals surface area contributed by atoms with Gasteiger partial charge in [-0.05, 0) is 36.2 Å². The summed E-state index contributed by atoms with van der Waals surface area (Å²) in [5.41, 5.74) is 7.11. The van der Waals surface area contributed by atoms with Crippen molar-refractivity contribution in [1.29, 1.82) is 0 Å². The summed E-state index contributed by atoms with van der Waals surface area (Å²) in [6.07, 6.45) is 0.580. The second-order valence-electron chi connectivity index (χ2n) is 5.52. The molecule has 1 unspecified atom stereocenters. The summed E-state index contributed by atoms with van der Waals surface area (Å²) in [7, 11) is 1.62. The number of primary amides is 1. The normalized spacial score (nSPS) is 16.6. The van der Waals surface area contributed by atoms with Gasteiger partial charge < -0.3 is 15.4 Å². The highest BCUT2D eigenvalue weighted by molar-refractivity contribution is 8.01. The van der Waals surface area contributed by atoms with E-state index in [2.05, 4.69) is 0 Å². The molecule has 0 fully saturated rings. The molecular weight excluding hydrogens is 324 g/mol. The molecule has 2 aromatic carbocycles. The molecule has 0 spiro atoms. The topological polar surface area (TPSA) is 72.6 Å². The predicted octanol–water partition coefficient (Wildman–Crippen LogP) is 2.23. The lowest BCUT2D eigenvalue weighted by atomic mass is 10.1. The van der Waals surface area contributed by atoms with Crippen LogP contribution >= 0.6 is 11.8 Å². The van der Waals surface area contributed by atoms with Crippen molar-refractivity contribution in [1.82, 2.24) is 0 Å². The van der Waals surface area contributed by atoms with Gasteiger partial charge in [0.15, 0.2) is 0 Å². The number of thioether (sulfide) groups is 1. The van der Waals surface area contributed by atoms with Crippen LogP contribution < -0.4 is 15.4 Å². The predicted molar refractivity (Wildman–Crippen MR) is 94.3 cm³/mol. The lowest BCUT2D eigenvalue weighted by Crippen LogP contribution is -2.46. The van der Waals surface area contributed by atoms with Gasteiger partial charge in [-0.2, -0.15) is 0 Å². The second kappa shape index (κ2) is 6.97. The number of hydrogen-bond donors (Lipinski definition) is 1. The fourth-order valence-electron chi connectivity index (χ4n) is 2.70. The molecule has 2 aromatic rings. The van der Waals surface area contributed by atoms with Gasteiger partial charge >= 0.3 is 0 Å². The van der Waals surface area contributed by atoms with Gasteiger partial charge in [0.25, 0.3) is 0 Å². The number of carbonyl (C=O) groups excluding carboxylic acids is 2. The molecule has 24 heavy (non-hydrogen) atoms. The molecule has 3 rings (SSSR count). The van der Waals surface area contributed by atoms with Gasteiger partial charge in [0.1, 0.15) is 12.3 Å². The van der Waals surface area contributed by atoms with Crippen molar-refractivity contribution >= 4 is 29.3 Å². The van der Waals surface area contributed by atoms with Gasteiger partial charge in [0.05, 0.1) is 18.0 Å². The van der Waals surface area contributed by atoms with E-state index in [0.29, 0.717) is 6.42 Å². The van der Waals surface area contributed by atoms with Crippen molar-refractivity contribution in [3.05, 3.63) is 54.1 Å². The maximum atomic E-state index is 12.8. The number of benzene rings is 2. The molecule has 0 aliphatic carbocycles. The molecule has 5 nitrogen and oxygen atoms in total. The lowest BCUT2D eigenvalue weighted by molar-refractivity contribution is -0.122. The minimum absolute atomic E-state index is 0.0895. The van der Waals surface area contributed by atoms with Gasteiger partial charge in [-0.3, -0.25) is 9.59 Å².